The summed E-state index contributed by atoms with van der Waals surface area (Å²) in [5.41, 5.74) is 19.7. The minimum absolute atomic E-state index is 0. The summed E-state index contributed by atoms with van der Waals surface area (Å²) >= 11 is 11.6. The van der Waals surface area contributed by atoms with Gasteiger partial charge in [-0.1, -0.05) is 260 Å². The molecule has 10 heteroatoms. The van der Waals surface area contributed by atoms with Crippen LogP contribution >= 0.6 is 23.2 Å². The minimum atomic E-state index is -0.736. The Balaban J connectivity index is -0.0000000903. The molecule has 0 saturated heterocycles. The van der Waals surface area contributed by atoms with Gasteiger partial charge in [0.15, 0.2) is 11.6 Å². The monoisotopic (exact) mass is 1490 g/mol. The van der Waals surface area contributed by atoms with Crippen molar-refractivity contribution in [2.75, 3.05) is 0 Å². The van der Waals surface area contributed by atoms with Gasteiger partial charge in [-0.15, -0.1) is 12.8 Å². The normalized spacial score (nSPS) is 8.62. The second-order valence-corrected chi connectivity index (χ2v) is 24.0. The summed E-state index contributed by atoms with van der Waals surface area (Å²) in [5.74, 6) is -3.60. The van der Waals surface area contributed by atoms with E-state index in [4.69, 9.17) is 23.2 Å². The van der Waals surface area contributed by atoms with Crippen LogP contribution in [0, 0.1) is 198 Å². The van der Waals surface area contributed by atoms with Crippen molar-refractivity contribution < 1.29 is 36.5 Å². The lowest BCUT2D eigenvalue weighted by atomic mass is 10.0. The van der Waals surface area contributed by atoms with Gasteiger partial charge >= 0.3 is 0 Å². The molecule has 0 aromatic heterocycles. The molecule has 0 radical (unpaired) electrons. The third-order valence-electron chi connectivity index (χ3n) is 14.0. The number of aryl methyl sites for hydroxylation is 19. The lowest BCUT2D eigenvalue weighted by Crippen LogP contribution is -1.91. The van der Waals surface area contributed by atoms with Crippen LogP contribution in [0.2, 0.25) is 10.0 Å². The van der Waals surface area contributed by atoms with Crippen molar-refractivity contribution in [2.24, 2.45) is 0 Å². The maximum Gasteiger partial charge on any atom is 0.161 e. The molecule has 0 heterocycles. The van der Waals surface area contributed by atoms with E-state index in [-0.39, 0.29) is 98.5 Å². The van der Waals surface area contributed by atoms with Gasteiger partial charge in [-0.25, -0.2) is 35.1 Å². The molecule has 584 valence electrons. The summed E-state index contributed by atoms with van der Waals surface area (Å²) in [6.07, 6.45) is 9.15. The summed E-state index contributed by atoms with van der Waals surface area (Å²) < 4.78 is 101. The molecule has 104 heavy (non-hydrogen) atoms. The number of hydrogen-bond donors (Lipinski definition) is 0. The Labute approximate surface area is 644 Å². The van der Waals surface area contributed by atoms with E-state index in [2.05, 4.69) is 140 Å². The topological polar surface area (TPSA) is 0 Å². The molecule has 0 aliphatic rings. The van der Waals surface area contributed by atoms with Crippen molar-refractivity contribution in [3.8, 4) is 12.8 Å². The predicted molar refractivity (Wildman–Crippen MR) is 458 cm³/mol. The summed E-state index contributed by atoms with van der Waals surface area (Å²) in [7, 11) is 0. The second kappa shape index (κ2) is 63.3. The molecule has 0 nitrogen and oxygen atoms in total. The van der Waals surface area contributed by atoms with Crippen LogP contribution in [-0.4, -0.2) is 0 Å². The fraction of sp³-hybridized carbons (Fsp3) is 0.340. The molecule has 0 amide bonds. The van der Waals surface area contributed by atoms with Crippen LogP contribution in [-0.2, 0) is 6.42 Å². The quantitative estimate of drug-likeness (QED) is 0.114. The molecule has 10 aromatic carbocycles. The zero-order valence-electron chi connectivity index (χ0n) is 58.9. The first-order chi connectivity index (χ1) is 43.9. The zero-order valence-corrected chi connectivity index (χ0v) is 60.4. The van der Waals surface area contributed by atoms with E-state index < -0.39 is 34.9 Å². The molecular weight excluding hydrogens is 1350 g/mol. The van der Waals surface area contributed by atoms with Crippen LogP contribution in [0.15, 0.2) is 176 Å². The molecule has 0 bridgehead atoms. The summed E-state index contributed by atoms with van der Waals surface area (Å²) in [5, 5.41) is 1.71. The highest BCUT2D eigenvalue weighted by Gasteiger charge is 2.07. The van der Waals surface area contributed by atoms with E-state index in [1.807, 2.05) is 77.9 Å². The number of rotatable bonds is 1. The van der Waals surface area contributed by atoms with Crippen molar-refractivity contribution in [2.45, 2.75) is 226 Å². The van der Waals surface area contributed by atoms with Gasteiger partial charge in [0, 0.05) is 22.6 Å². The molecule has 0 spiro atoms. The number of halogens is 10. The first-order valence-electron chi connectivity index (χ1n) is 30.6. The minimum Gasteiger partial charge on any atom is -0.207 e. The Morgan fingerprint density at radius 3 is 0.606 bits per heavy atom. The molecule has 0 saturated carbocycles. The van der Waals surface area contributed by atoms with Crippen molar-refractivity contribution in [1.29, 1.82) is 0 Å². The van der Waals surface area contributed by atoms with E-state index in [0.717, 1.165) is 38.7 Å². The second-order valence-electron chi connectivity index (χ2n) is 23.1. The lowest BCUT2D eigenvalue weighted by molar-refractivity contribution is 0.497. The van der Waals surface area contributed by atoms with E-state index in [0.29, 0.717) is 33.4 Å². The van der Waals surface area contributed by atoms with Crippen LogP contribution in [0.3, 0.4) is 0 Å². The Morgan fingerprint density at radius 2 is 0.413 bits per heavy atom. The fourth-order valence-corrected chi connectivity index (χ4v) is 8.00. The van der Waals surface area contributed by atoms with E-state index in [9.17, 15) is 35.1 Å². The molecule has 0 fully saturated rings. The van der Waals surface area contributed by atoms with E-state index in [1.165, 1.54) is 114 Å². The van der Waals surface area contributed by atoms with Gasteiger partial charge in [0.1, 0.15) is 34.9 Å². The fourth-order valence-electron chi connectivity index (χ4n) is 7.53. The van der Waals surface area contributed by atoms with Crippen LogP contribution in [0.1, 0.15) is 199 Å². The van der Waals surface area contributed by atoms with Crippen molar-refractivity contribution in [1.82, 2.24) is 0 Å². The number of terminal acetylenes is 1. The third kappa shape index (κ3) is 49.4. The molecule has 0 unspecified atom stereocenters. The standard InChI is InChI=1S/C10H14.2C8H9Cl.3C8H8F2.2C8H9F.2C8H10.C2H2.10CH4.H2/c1-4-10-7-8(2)5-6-9(10)3;2*1-6-3-4-7(2)8(9)5-6;2*1-5-3-7(9)6(2)8(10)4-5;1-5-3-4-6(2)8(10)7(5)9;2*1-6-3-4-7(2)8(9)5-6;2*1-7-3-5-8(2)6-4-7;1-2;;;;;;;;;;;/h5-7H,4H2,1-3H3;2*3-5H,1-2H3;3*3-4H,1-2H3;2*3-5H,1-2H3;2*3-6H,1-2H3;1-2H;10*1H4;1H. The number of benzene rings is 10. The van der Waals surface area contributed by atoms with Crippen molar-refractivity contribution in [3.63, 3.8) is 0 Å². The maximum absolute atomic E-state index is 12.6. The van der Waals surface area contributed by atoms with Crippen LogP contribution in [0.25, 0.3) is 0 Å². The van der Waals surface area contributed by atoms with Crippen molar-refractivity contribution >= 4 is 23.2 Å². The van der Waals surface area contributed by atoms with Crippen molar-refractivity contribution in [3.05, 3.63) is 349 Å². The maximum atomic E-state index is 12.6. The van der Waals surface area contributed by atoms with Gasteiger partial charge in [0.25, 0.3) is 0 Å². The van der Waals surface area contributed by atoms with Gasteiger partial charge < -0.3 is 0 Å². The molecular formula is C94H138Cl2F8. The summed E-state index contributed by atoms with van der Waals surface area (Å²) in [6, 6.07) is 54.5. The summed E-state index contributed by atoms with van der Waals surface area (Å²) in [6.45, 7) is 39.5. The Kier molecular flexibility index (Phi) is 72.8. The Bertz CT molecular complexity index is 3500. The highest BCUT2D eigenvalue weighted by Crippen LogP contribution is 2.19. The third-order valence-corrected chi connectivity index (χ3v) is 14.8. The molecule has 10 rings (SSSR count). The molecule has 0 aliphatic carbocycles. The smallest absolute Gasteiger partial charge is 0.161 e. The van der Waals surface area contributed by atoms with Crippen LogP contribution in [0.5, 0.6) is 0 Å². The number of hydrogen-bond acceptors (Lipinski definition) is 0. The van der Waals surface area contributed by atoms with Crippen LogP contribution in [0.4, 0.5) is 35.1 Å². The first-order valence-corrected chi connectivity index (χ1v) is 31.3. The SMILES string of the molecule is C.C.C.C.C.C.C.C.C.C.C#C.CCc1cc(C)ccc1C.Cc1cc(F)c(C)c(F)c1.Cc1cc(F)c(C)c(F)c1.Cc1ccc(C)c(Cl)c1.Cc1ccc(C)c(Cl)c1.Cc1ccc(C)c(F)c1.Cc1ccc(C)c(F)c1.Cc1ccc(C)c(F)c1F.Cc1ccc(C)cc1.Cc1ccc(C)cc1.[HH]. The Hall–Kier alpha value is -8.22. The van der Waals surface area contributed by atoms with Gasteiger partial charge in [-0.2, -0.15) is 0 Å². The lowest BCUT2D eigenvalue weighted by Gasteiger charge is -2.02. The highest BCUT2D eigenvalue weighted by atomic mass is 35.5. The average Bonchev–Trinajstić information content (AvgIpc) is 0.748. The molecule has 0 N–H and O–H groups in total. The van der Waals surface area contributed by atoms with E-state index >= 15 is 0 Å². The largest absolute Gasteiger partial charge is 0.207 e. The van der Waals surface area contributed by atoms with Gasteiger partial charge in [0.2, 0.25) is 0 Å². The predicted octanol–water partition coefficient (Wildman–Crippen LogP) is 32.9. The van der Waals surface area contributed by atoms with Gasteiger partial charge in [0.05, 0.1) is 0 Å². The highest BCUT2D eigenvalue weighted by molar-refractivity contribution is 6.31. The summed E-state index contributed by atoms with van der Waals surface area (Å²) in [4.78, 5) is 0. The average molecular weight is 1490 g/mol. The first kappa shape index (κ1) is 120. The van der Waals surface area contributed by atoms with E-state index in [1.54, 1.807) is 52.0 Å². The van der Waals surface area contributed by atoms with Gasteiger partial charge in [-0.3, -0.25) is 0 Å². The molecule has 0 aliphatic heterocycles. The molecule has 10 aromatic rings. The van der Waals surface area contributed by atoms with Gasteiger partial charge in [-0.05, 0) is 271 Å². The van der Waals surface area contributed by atoms with Crippen LogP contribution < -0.4 is 0 Å². The molecule has 0 atom stereocenters. The Morgan fingerprint density at radius 1 is 0.231 bits per heavy atom. The zero-order chi connectivity index (χ0) is 72.1.